The van der Waals surface area contributed by atoms with E-state index in [1.165, 1.54) is 24.3 Å². The molecule has 4 heterocycles. The summed E-state index contributed by atoms with van der Waals surface area (Å²) >= 11 is 6.14. The zero-order chi connectivity index (χ0) is 29.9. The number of allylic oxidation sites excluding steroid dienone is 2. The van der Waals surface area contributed by atoms with Gasteiger partial charge in [0.25, 0.3) is 0 Å². The Kier molecular flexibility index (Phi) is 7.09. The fourth-order valence-electron chi connectivity index (χ4n) is 5.73. The van der Waals surface area contributed by atoms with E-state index in [0.29, 0.717) is 15.8 Å². The van der Waals surface area contributed by atoms with Crippen LogP contribution < -0.4 is 10.5 Å². The molecular weight excluding hydrogens is 564 g/mol. The molecule has 214 valence electrons. The Balaban J connectivity index is 1.64. The summed E-state index contributed by atoms with van der Waals surface area (Å²) < 4.78 is 7.21. The number of nitrogens with zero attached hydrogens (tertiary/aromatic N) is 2. The number of rotatable bonds is 6. The Labute approximate surface area is 245 Å². The van der Waals surface area contributed by atoms with Crippen molar-refractivity contribution in [3.63, 3.8) is 0 Å². The average molecular weight is 595 g/mol. The van der Waals surface area contributed by atoms with Gasteiger partial charge in [-0.25, -0.2) is 9.59 Å². The van der Waals surface area contributed by atoms with Gasteiger partial charge in [0.15, 0.2) is 3.95 Å². The second kappa shape index (κ2) is 10.2. The first-order chi connectivity index (χ1) is 19.2. The number of fused-ring (bicyclic) bond motifs is 2. The van der Waals surface area contributed by atoms with Gasteiger partial charge in [0.1, 0.15) is 12.1 Å². The number of aliphatic carboxylic acids is 1. The van der Waals surface area contributed by atoms with Crippen molar-refractivity contribution in [2.24, 2.45) is 0 Å². The summed E-state index contributed by atoms with van der Waals surface area (Å²) in [6.45, 7) is 9.85. The quantitative estimate of drug-likeness (QED) is 0.138. The molecular formula is C30H30N2O7S2. The smallest absolute Gasteiger partial charge is 0.344 e. The third-order valence-corrected chi connectivity index (χ3v) is 9.40. The minimum atomic E-state index is -1.22. The first-order valence-electron chi connectivity index (χ1n) is 13.1. The van der Waals surface area contributed by atoms with Crippen LogP contribution in [0.2, 0.25) is 0 Å². The Morgan fingerprint density at radius 1 is 1.17 bits per heavy atom. The zero-order valence-electron chi connectivity index (χ0n) is 23.1. The van der Waals surface area contributed by atoms with Crippen molar-refractivity contribution < 1.29 is 29.3 Å². The zero-order valence-corrected chi connectivity index (χ0v) is 24.7. The highest BCUT2D eigenvalue weighted by Crippen LogP contribution is 2.52. The van der Waals surface area contributed by atoms with Gasteiger partial charge in [-0.15, -0.1) is 17.1 Å². The maximum atomic E-state index is 13.3. The van der Waals surface area contributed by atoms with E-state index >= 15 is 0 Å². The summed E-state index contributed by atoms with van der Waals surface area (Å²) in [4.78, 5) is 39.5. The standard InChI is InChI=1S/C30H30N2O7S2/c1-29(2)10-12-31-13-11-30(3,4)22-23(31)18(29)14-17-21(26(36)37)16(27(38)39-24(17)22)8-6-5-7-9-19-25(35)32(15-20(33)34)28(40)41-19/h5-6,8-9,14,35H,10-13,15H2,1-4H3,(H,33,34)(H,36,37). The molecule has 2 aliphatic rings. The molecule has 0 fully saturated rings. The number of benzene rings is 1. The van der Waals surface area contributed by atoms with Crippen molar-refractivity contribution in [1.29, 1.82) is 0 Å². The molecule has 5 rings (SSSR count). The van der Waals surface area contributed by atoms with E-state index in [-0.39, 0.29) is 31.8 Å². The molecule has 2 aliphatic heterocycles. The molecule has 0 spiro atoms. The van der Waals surface area contributed by atoms with Gasteiger partial charge in [-0.2, -0.15) is 0 Å². The lowest BCUT2D eigenvalue weighted by Crippen LogP contribution is -2.45. The van der Waals surface area contributed by atoms with E-state index in [1.54, 1.807) is 0 Å². The van der Waals surface area contributed by atoms with Gasteiger partial charge in [0, 0.05) is 35.8 Å². The molecule has 3 aromatic rings. The van der Waals surface area contributed by atoms with E-state index in [4.69, 9.17) is 21.7 Å². The lowest BCUT2D eigenvalue weighted by atomic mass is 9.69. The minimum absolute atomic E-state index is 0.0830. The fraction of sp³-hybridized carbons (Fsp3) is 0.367. The Bertz CT molecular complexity index is 1830. The monoisotopic (exact) mass is 594 g/mol. The van der Waals surface area contributed by atoms with Crippen molar-refractivity contribution in [2.45, 2.75) is 57.9 Å². The second-order valence-corrected chi connectivity index (χ2v) is 13.3. The Morgan fingerprint density at radius 2 is 1.85 bits per heavy atom. The van der Waals surface area contributed by atoms with Crippen LogP contribution in [0.1, 0.15) is 72.5 Å². The van der Waals surface area contributed by atoms with Gasteiger partial charge in [-0.1, -0.05) is 33.8 Å². The highest BCUT2D eigenvalue weighted by Gasteiger charge is 2.42. The number of thiazole rings is 1. The van der Waals surface area contributed by atoms with Gasteiger partial charge in [0.2, 0.25) is 5.88 Å². The molecule has 0 bridgehead atoms. The molecule has 0 radical (unpaired) electrons. The topological polar surface area (TPSA) is 133 Å². The van der Waals surface area contributed by atoms with E-state index in [2.05, 4.69) is 38.3 Å². The number of aromatic nitrogens is 1. The van der Waals surface area contributed by atoms with Crippen molar-refractivity contribution >= 4 is 64.3 Å². The van der Waals surface area contributed by atoms with Crippen molar-refractivity contribution in [3.8, 4) is 5.88 Å². The Hall–Kier alpha value is -3.92. The van der Waals surface area contributed by atoms with Gasteiger partial charge in [-0.3, -0.25) is 9.36 Å². The largest absolute Gasteiger partial charge is 0.493 e. The third-order valence-electron chi connectivity index (χ3n) is 8.01. The van der Waals surface area contributed by atoms with Crippen LogP contribution in [0.5, 0.6) is 5.88 Å². The van der Waals surface area contributed by atoms with Crippen LogP contribution in [0.25, 0.3) is 23.1 Å². The number of anilines is 1. The summed E-state index contributed by atoms with van der Waals surface area (Å²) in [5.74, 6) is -2.65. The molecule has 0 aliphatic carbocycles. The van der Waals surface area contributed by atoms with E-state index in [9.17, 15) is 24.6 Å². The SMILES string of the molecule is CC1(C)CCN2CCC(C)(C)c3c2c1cc1c(C(=O)O)c(C=CC=C=Cc2sc(=S)n(CC(=O)O)c2O)c(=O)oc31. The van der Waals surface area contributed by atoms with Crippen molar-refractivity contribution in [1.82, 2.24) is 4.57 Å². The third kappa shape index (κ3) is 4.94. The molecule has 0 saturated heterocycles. The van der Waals surface area contributed by atoms with E-state index < -0.39 is 24.1 Å². The van der Waals surface area contributed by atoms with E-state index in [1.807, 2.05) is 6.07 Å². The van der Waals surface area contributed by atoms with Crippen LogP contribution in [-0.4, -0.2) is 44.9 Å². The molecule has 0 saturated carbocycles. The number of aromatic hydroxyl groups is 1. The van der Waals surface area contributed by atoms with Crippen LogP contribution in [-0.2, 0) is 22.2 Å². The number of carbonyl (C=O) groups is 2. The molecule has 9 nitrogen and oxygen atoms in total. The maximum Gasteiger partial charge on any atom is 0.344 e. The molecule has 2 aromatic heterocycles. The maximum absolute atomic E-state index is 13.3. The normalized spacial score (nSPS) is 16.8. The lowest BCUT2D eigenvalue weighted by molar-refractivity contribution is -0.137. The highest BCUT2D eigenvalue weighted by atomic mass is 32.1. The van der Waals surface area contributed by atoms with Gasteiger partial charge >= 0.3 is 17.6 Å². The summed E-state index contributed by atoms with van der Waals surface area (Å²) in [6.07, 6.45) is 7.49. The fourth-order valence-corrected chi connectivity index (χ4v) is 6.92. The lowest BCUT2D eigenvalue weighted by Gasteiger charge is -2.48. The molecule has 11 heteroatoms. The van der Waals surface area contributed by atoms with Gasteiger partial charge in [0.05, 0.1) is 16.0 Å². The first-order valence-corrected chi connectivity index (χ1v) is 14.4. The Morgan fingerprint density at radius 3 is 2.51 bits per heavy atom. The molecule has 0 unspecified atom stereocenters. The number of carboxylic acids is 2. The average Bonchev–Trinajstić information content (AvgIpc) is 3.13. The van der Waals surface area contributed by atoms with E-state index in [0.717, 1.165) is 58.6 Å². The first kappa shape index (κ1) is 28.6. The van der Waals surface area contributed by atoms with Crippen LogP contribution in [0, 0.1) is 3.95 Å². The summed E-state index contributed by atoms with van der Waals surface area (Å²) in [6, 6.07) is 1.89. The predicted molar refractivity (Wildman–Crippen MR) is 161 cm³/mol. The second-order valence-electron chi connectivity index (χ2n) is 11.6. The predicted octanol–water partition coefficient (Wildman–Crippen LogP) is 5.92. The molecule has 0 atom stereocenters. The van der Waals surface area contributed by atoms with Gasteiger partial charge < -0.3 is 24.6 Å². The van der Waals surface area contributed by atoms with Crippen molar-refractivity contribution in [2.75, 3.05) is 18.0 Å². The van der Waals surface area contributed by atoms with Crippen molar-refractivity contribution in [3.05, 3.63) is 65.5 Å². The summed E-state index contributed by atoms with van der Waals surface area (Å²) in [7, 11) is 0. The van der Waals surface area contributed by atoms with Crippen LogP contribution >= 0.6 is 23.6 Å². The van der Waals surface area contributed by atoms with Crippen LogP contribution in [0.15, 0.2) is 33.2 Å². The highest BCUT2D eigenvalue weighted by molar-refractivity contribution is 7.73. The summed E-state index contributed by atoms with van der Waals surface area (Å²) in [5, 5.41) is 30.0. The van der Waals surface area contributed by atoms with Gasteiger partial charge in [-0.05, 0) is 59.7 Å². The van der Waals surface area contributed by atoms with Crippen LogP contribution in [0.4, 0.5) is 5.69 Å². The number of carboxylic acid groups (broad SMARTS) is 2. The molecule has 41 heavy (non-hydrogen) atoms. The molecule has 3 N–H and O–H groups in total. The summed E-state index contributed by atoms with van der Waals surface area (Å²) in [5.41, 5.74) is 4.72. The number of hydrogen-bond donors (Lipinski definition) is 3. The number of hydrogen-bond acceptors (Lipinski definition) is 8. The molecule has 1 aromatic carbocycles. The minimum Gasteiger partial charge on any atom is -0.493 e. The molecule has 0 amide bonds. The van der Waals surface area contributed by atoms with Crippen LogP contribution in [0.3, 0.4) is 0 Å². The number of aromatic carboxylic acids is 1.